The summed E-state index contributed by atoms with van der Waals surface area (Å²) >= 11 is 0. The number of carbonyl (C=O) groups excluding carboxylic acids is 2. The lowest BCUT2D eigenvalue weighted by Crippen LogP contribution is -2.30. The van der Waals surface area contributed by atoms with Gasteiger partial charge in [-0.05, 0) is 24.6 Å². The molecule has 0 saturated carbocycles. The number of nitrogens with zero attached hydrogens (tertiary/aromatic N) is 2. The van der Waals surface area contributed by atoms with E-state index in [1.807, 2.05) is 17.6 Å². The van der Waals surface area contributed by atoms with Crippen LogP contribution in [0.3, 0.4) is 0 Å². The topological polar surface area (TPSA) is 116 Å². The number of hydrogen-bond acceptors (Lipinski definition) is 3. The van der Waals surface area contributed by atoms with Gasteiger partial charge in [-0.25, -0.2) is 0 Å². The van der Waals surface area contributed by atoms with Crippen LogP contribution < -0.4 is 16.8 Å². The van der Waals surface area contributed by atoms with Crippen LogP contribution in [0.1, 0.15) is 26.4 Å². The number of nitrogens with two attached hydrogens (primary N) is 2. The summed E-state index contributed by atoms with van der Waals surface area (Å²) in [6.45, 7) is 3.39. The van der Waals surface area contributed by atoms with E-state index >= 15 is 0 Å². The van der Waals surface area contributed by atoms with E-state index in [1.165, 1.54) is 0 Å². The zero-order valence-corrected chi connectivity index (χ0v) is 12.2. The number of rotatable bonds is 1. The summed E-state index contributed by atoms with van der Waals surface area (Å²) in [6, 6.07) is 5.44. The Morgan fingerprint density at radius 1 is 1.36 bits per heavy atom. The fourth-order valence-corrected chi connectivity index (χ4v) is 2.81. The van der Waals surface area contributed by atoms with Crippen LogP contribution in [-0.4, -0.2) is 35.3 Å². The number of hydrogen-bond donors (Lipinski definition) is 3. The van der Waals surface area contributed by atoms with Crippen molar-refractivity contribution < 1.29 is 9.59 Å². The molecule has 0 unspecified atom stereocenters. The fraction of sp³-hybridized carbons (Fsp3) is 0.267. The second-order valence-corrected chi connectivity index (χ2v) is 5.32. The molecule has 3 rings (SSSR count). The molecule has 2 heterocycles. The molecule has 1 aliphatic heterocycles. The van der Waals surface area contributed by atoms with E-state index in [1.54, 1.807) is 12.1 Å². The normalized spacial score (nSPS) is 14.5. The number of aliphatic imine (C=N–C) groups is 1. The maximum absolute atomic E-state index is 12.3. The van der Waals surface area contributed by atoms with Gasteiger partial charge in [0.2, 0.25) is 0 Å². The Kier molecular flexibility index (Phi) is 3.42. The highest BCUT2D eigenvalue weighted by molar-refractivity contribution is 6.12. The van der Waals surface area contributed by atoms with Gasteiger partial charge in [0.1, 0.15) is 5.69 Å². The smallest absolute Gasteiger partial charge is 0.296 e. The van der Waals surface area contributed by atoms with Gasteiger partial charge in [0.15, 0.2) is 11.7 Å². The van der Waals surface area contributed by atoms with E-state index in [9.17, 15) is 9.59 Å². The van der Waals surface area contributed by atoms with Crippen LogP contribution in [0.4, 0.5) is 0 Å². The summed E-state index contributed by atoms with van der Waals surface area (Å²) in [7, 11) is 0. The summed E-state index contributed by atoms with van der Waals surface area (Å²) in [5, 5.41) is 3.94. The third-order valence-corrected chi connectivity index (χ3v) is 3.82. The van der Waals surface area contributed by atoms with Gasteiger partial charge in [-0.15, -0.1) is 0 Å². The maximum atomic E-state index is 12.3. The van der Waals surface area contributed by atoms with Gasteiger partial charge < -0.3 is 21.4 Å². The standard InChI is InChI=1S/C15H17N5O2/c1-8-2-3-9-12(21)7-18-4-5-20-11(6-10(8)13(9)20)14(22)19-15(16)17/h2-3,6,18H,4-5,7H2,1H3,(H4,16,17,19,22). The monoisotopic (exact) mass is 299 g/mol. The van der Waals surface area contributed by atoms with Gasteiger partial charge in [0, 0.05) is 24.0 Å². The van der Waals surface area contributed by atoms with Crippen molar-refractivity contribution >= 4 is 28.6 Å². The Bertz CT molecular complexity index is 815. The number of nitrogens with one attached hydrogen (secondary N) is 1. The van der Waals surface area contributed by atoms with Gasteiger partial charge in [0.05, 0.1) is 12.1 Å². The first-order valence-electron chi connectivity index (χ1n) is 6.99. The molecule has 0 aliphatic carbocycles. The molecule has 1 amide bonds. The molecule has 0 fully saturated rings. The predicted octanol–water partition coefficient (Wildman–Crippen LogP) is 0.149. The molecule has 0 atom stereocenters. The average Bonchev–Trinajstić information content (AvgIpc) is 2.81. The predicted molar refractivity (Wildman–Crippen MR) is 84.0 cm³/mol. The van der Waals surface area contributed by atoms with Crippen LogP contribution in [-0.2, 0) is 6.54 Å². The molecule has 0 spiro atoms. The second-order valence-electron chi connectivity index (χ2n) is 5.32. The van der Waals surface area contributed by atoms with Crippen LogP contribution in [0.5, 0.6) is 0 Å². The molecule has 1 aromatic heterocycles. The van der Waals surface area contributed by atoms with Gasteiger partial charge in [0.25, 0.3) is 5.91 Å². The van der Waals surface area contributed by atoms with E-state index < -0.39 is 5.91 Å². The Morgan fingerprint density at radius 3 is 2.86 bits per heavy atom. The Balaban J connectivity index is 2.33. The number of carbonyl (C=O) groups is 2. The van der Waals surface area contributed by atoms with Crippen molar-refractivity contribution in [3.63, 3.8) is 0 Å². The molecular weight excluding hydrogens is 282 g/mol. The molecule has 0 saturated heterocycles. The van der Waals surface area contributed by atoms with Crippen molar-refractivity contribution in [2.24, 2.45) is 16.5 Å². The minimum absolute atomic E-state index is 0.00453. The summed E-state index contributed by atoms with van der Waals surface area (Å²) < 4.78 is 1.82. The van der Waals surface area contributed by atoms with Crippen LogP contribution in [0.25, 0.3) is 10.9 Å². The van der Waals surface area contributed by atoms with Gasteiger partial charge in [-0.2, -0.15) is 4.99 Å². The van der Waals surface area contributed by atoms with E-state index in [0.29, 0.717) is 30.9 Å². The molecule has 1 aliphatic rings. The highest BCUT2D eigenvalue weighted by Crippen LogP contribution is 2.28. The number of benzene rings is 1. The molecule has 22 heavy (non-hydrogen) atoms. The zero-order chi connectivity index (χ0) is 15.9. The molecule has 0 radical (unpaired) electrons. The van der Waals surface area contributed by atoms with Crippen LogP contribution in [0, 0.1) is 6.92 Å². The van der Waals surface area contributed by atoms with Gasteiger partial charge >= 0.3 is 0 Å². The lowest BCUT2D eigenvalue weighted by atomic mass is 10.0. The highest BCUT2D eigenvalue weighted by atomic mass is 16.1. The first-order valence-corrected chi connectivity index (χ1v) is 6.99. The molecule has 114 valence electrons. The van der Waals surface area contributed by atoms with Crippen molar-refractivity contribution in [2.75, 3.05) is 13.1 Å². The number of Topliss-reactive ketones (excluding diaryl/α,β-unsaturated/α-hetero) is 1. The Labute approximate surface area is 127 Å². The number of aryl methyl sites for hydroxylation is 1. The second kappa shape index (κ2) is 5.27. The molecule has 0 bridgehead atoms. The number of ketones is 1. The Morgan fingerprint density at radius 2 is 2.14 bits per heavy atom. The lowest BCUT2D eigenvalue weighted by Gasteiger charge is -2.16. The number of amides is 1. The average molecular weight is 299 g/mol. The molecule has 1 aromatic carbocycles. The SMILES string of the molecule is Cc1ccc2c3c1cc(C(=O)N=C(N)N)n3CCNCC2=O. The molecule has 5 N–H and O–H groups in total. The third-order valence-electron chi connectivity index (χ3n) is 3.82. The van der Waals surface area contributed by atoms with E-state index in [2.05, 4.69) is 10.3 Å². The van der Waals surface area contributed by atoms with Gasteiger partial charge in [-0.1, -0.05) is 6.07 Å². The van der Waals surface area contributed by atoms with E-state index in [4.69, 9.17) is 11.5 Å². The number of guanidine groups is 1. The summed E-state index contributed by atoms with van der Waals surface area (Å²) in [4.78, 5) is 28.2. The summed E-state index contributed by atoms with van der Waals surface area (Å²) in [5.41, 5.74) is 13.4. The van der Waals surface area contributed by atoms with Crippen molar-refractivity contribution in [3.8, 4) is 0 Å². The summed E-state index contributed by atoms with van der Waals surface area (Å²) in [5.74, 6) is -0.778. The quantitative estimate of drug-likeness (QED) is 0.512. The lowest BCUT2D eigenvalue weighted by molar-refractivity contribution is 0.0978. The highest BCUT2D eigenvalue weighted by Gasteiger charge is 2.22. The van der Waals surface area contributed by atoms with Gasteiger partial charge in [-0.3, -0.25) is 9.59 Å². The van der Waals surface area contributed by atoms with Crippen molar-refractivity contribution in [2.45, 2.75) is 13.5 Å². The molecule has 7 nitrogen and oxygen atoms in total. The maximum Gasteiger partial charge on any atom is 0.296 e. The third kappa shape index (κ3) is 2.25. The fourth-order valence-electron chi connectivity index (χ4n) is 2.81. The first-order chi connectivity index (χ1) is 10.5. The van der Waals surface area contributed by atoms with Crippen LogP contribution in [0.15, 0.2) is 23.2 Å². The molecule has 7 heteroatoms. The summed E-state index contributed by atoms with van der Waals surface area (Å²) in [6.07, 6.45) is 0. The first kappa shape index (κ1) is 14.3. The van der Waals surface area contributed by atoms with Crippen LogP contribution in [0.2, 0.25) is 0 Å². The molecule has 2 aromatic rings. The zero-order valence-electron chi connectivity index (χ0n) is 12.2. The minimum Gasteiger partial charge on any atom is -0.370 e. The van der Waals surface area contributed by atoms with Crippen molar-refractivity contribution in [1.29, 1.82) is 0 Å². The minimum atomic E-state index is -0.505. The Hall–Kier alpha value is -2.67. The number of aromatic nitrogens is 1. The van der Waals surface area contributed by atoms with Crippen LogP contribution >= 0.6 is 0 Å². The van der Waals surface area contributed by atoms with E-state index in [-0.39, 0.29) is 11.7 Å². The largest absolute Gasteiger partial charge is 0.370 e. The molecular formula is C15H17N5O2. The van der Waals surface area contributed by atoms with E-state index in [0.717, 1.165) is 16.5 Å². The van der Waals surface area contributed by atoms with Crippen molar-refractivity contribution in [3.05, 3.63) is 35.0 Å². The van der Waals surface area contributed by atoms with Crippen molar-refractivity contribution in [1.82, 2.24) is 9.88 Å².